The minimum atomic E-state index is -1.03. The molecule has 0 unspecified atom stereocenters. The Morgan fingerprint density at radius 1 is 1.33 bits per heavy atom. The molecule has 0 aromatic carbocycles. The van der Waals surface area contributed by atoms with E-state index < -0.39 is 22.8 Å². The molecule has 1 aromatic heterocycles. The zero-order valence-electron chi connectivity index (χ0n) is 11.3. The minimum absolute atomic E-state index is 0.114. The van der Waals surface area contributed by atoms with Crippen LogP contribution in [-0.4, -0.2) is 44.0 Å². The van der Waals surface area contributed by atoms with Gasteiger partial charge >= 0.3 is 5.97 Å². The van der Waals surface area contributed by atoms with Crippen molar-refractivity contribution in [3.05, 3.63) is 28.1 Å². The van der Waals surface area contributed by atoms with Crippen molar-refractivity contribution in [2.75, 3.05) is 6.54 Å². The lowest BCUT2D eigenvalue weighted by molar-refractivity contribution is -0.384. The highest BCUT2D eigenvalue weighted by Gasteiger charge is 2.38. The van der Waals surface area contributed by atoms with Crippen LogP contribution in [0.4, 0.5) is 5.69 Å². The summed E-state index contributed by atoms with van der Waals surface area (Å²) in [5.74, 6) is -1.46. The number of carbonyl (C=O) groups is 2. The molecule has 8 nitrogen and oxygen atoms in total. The van der Waals surface area contributed by atoms with Gasteiger partial charge in [-0.3, -0.25) is 14.9 Å². The summed E-state index contributed by atoms with van der Waals surface area (Å²) in [5.41, 5.74) is 0.0914. The molecule has 21 heavy (non-hydrogen) atoms. The molecule has 8 heteroatoms. The Bertz CT molecular complexity index is 619. The molecule has 0 spiro atoms. The van der Waals surface area contributed by atoms with Crippen LogP contribution < -0.4 is 0 Å². The highest BCUT2D eigenvalue weighted by Crippen LogP contribution is 2.38. The maximum atomic E-state index is 12.6. The number of nitrogens with zero attached hydrogens (tertiary/aromatic N) is 3. The summed E-state index contributed by atoms with van der Waals surface area (Å²) in [7, 11) is 0. The molecule has 1 aliphatic carbocycles. The lowest BCUT2D eigenvalue weighted by Gasteiger charge is -2.21. The number of hydrogen-bond acceptors (Lipinski definition) is 4. The second kappa shape index (κ2) is 4.87. The van der Waals surface area contributed by atoms with E-state index in [1.807, 2.05) is 0 Å². The van der Waals surface area contributed by atoms with Crippen LogP contribution in [0.3, 0.4) is 0 Å². The lowest BCUT2D eigenvalue weighted by atomic mass is 10.2. The molecule has 1 amide bonds. The van der Waals surface area contributed by atoms with Gasteiger partial charge in [-0.1, -0.05) is 0 Å². The topological polar surface area (TPSA) is 106 Å². The molecular weight excluding hydrogens is 278 g/mol. The van der Waals surface area contributed by atoms with Crippen molar-refractivity contribution in [1.29, 1.82) is 0 Å². The van der Waals surface area contributed by atoms with E-state index in [0.717, 1.165) is 12.8 Å². The third-order valence-corrected chi connectivity index (χ3v) is 4.00. The monoisotopic (exact) mass is 293 g/mol. The van der Waals surface area contributed by atoms with Crippen LogP contribution in [0, 0.1) is 10.1 Å². The molecule has 1 aliphatic heterocycles. The summed E-state index contributed by atoms with van der Waals surface area (Å²) in [4.78, 5) is 35.4. The van der Waals surface area contributed by atoms with Crippen molar-refractivity contribution >= 4 is 17.6 Å². The number of aromatic nitrogens is 1. The van der Waals surface area contributed by atoms with Crippen molar-refractivity contribution in [2.24, 2.45) is 0 Å². The number of hydrogen-bond donors (Lipinski definition) is 1. The number of amides is 1. The van der Waals surface area contributed by atoms with Crippen molar-refractivity contribution in [3.8, 4) is 0 Å². The zero-order chi connectivity index (χ0) is 15.1. The second-order valence-electron chi connectivity index (χ2n) is 5.47. The fourth-order valence-electron chi connectivity index (χ4n) is 2.80. The Morgan fingerprint density at radius 3 is 2.62 bits per heavy atom. The largest absolute Gasteiger partial charge is 0.480 e. The molecule has 1 atom stereocenters. The Morgan fingerprint density at radius 2 is 2.05 bits per heavy atom. The molecule has 3 rings (SSSR count). The number of rotatable bonds is 4. The molecule has 1 saturated heterocycles. The maximum Gasteiger partial charge on any atom is 0.326 e. The number of carbonyl (C=O) groups excluding carboxylic acids is 1. The summed E-state index contributed by atoms with van der Waals surface area (Å²) in [6.07, 6.45) is 4.20. The first-order valence-corrected chi connectivity index (χ1v) is 6.89. The van der Waals surface area contributed by atoms with Gasteiger partial charge in [-0.05, 0) is 25.7 Å². The van der Waals surface area contributed by atoms with E-state index in [9.17, 15) is 19.7 Å². The highest BCUT2D eigenvalue weighted by atomic mass is 16.6. The van der Waals surface area contributed by atoms with Gasteiger partial charge in [0, 0.05) is 18.7 Å². The fraction of sp³-hybridized carbons (Fsp3) is 0.538. The van der Waals surface area contributed by atoms with Crippen LogP contribution in [0.2, 0.25) is 0 Å². The van der Waals surface area contributed by atoms with Gasteiger partial charge in [0.1, 0.15) is 11.7 Å². The Balaban J connectivity index is 1.93. The fourth-order valence-corrected chi connectivity index (χ4v) is 2.80. The van der Waals surface area contributed by atoms with Gasteiger partial charge < -0.3 is 14.6 Å². The van der Waals surface area contributed by atoms with Crippen molar-refractivity contribution in [1.82, 2.24) is 9.47 Å². The van der Waals surface area contributed by atoms with Crippen LogP contribution >= 0.6 is 0 Å². The molecule has 2 heterocycles. The smallest absolute Gasteiger partial charge is 0.326 e. The summed E-state index contributed by atoms with van der Waals surface area (Å²) in [5, 5.41) is 20.1. The van der Waals surface area contributed by atoms with E-state index in [1.54, 1.807) is 4.57 Å². The number of likely N-dealkylation sites (tertiary alicyclic amines) is 1. The third-order valence-electron chi connectivity index (χ3n) is 4.00. The molecule has 0 radical (unpaired) electrons. The summed E-state index contributed by atoms with van der Waals surface area (Å²) < 4.78 is 1.62. The third kappa shape index (κ3) is 2.37. The summed E-state index contributed by atoms with van der Waals surface area (Å²) in [6, 6.07) is 0.528. The first-order valence-electron chi connectivity index (χ1n) is 6.89. The Kier molecular flexibility index (Phi) is 3.15. The summed E-state index contributed by atoms with van der Waals surface area (Å²) >= 11 is 0. The second-order valence-corrected chi connectivity index (χ2v) is 5.47. The van der Waals surface area contributed by atoms with Gasteiger partial charge in [0.2, 0.25) is 0 Å². The van der Waals surface area contributed by atoms with E-state index in [4.69, 9.17) is 5.11 Å². The van der Waals surface area contributed by atoms with Crippen molar-refractivity contribution in [2.45, 2.75) is 37.8 Å². The Labute approximate surface area is 120 Å². The first-order chi connectivity index (χ1) is 9.99. The minimum Gasteiger partial charge on any atom is -0.480 e. The lowest BCUT2D eigenvalue weighted by Crippen LogP contribution is -2.41. The van der Waals surface area contributed by atoms with Crippen LogP contribution in [0.1, 0.15) is 42.2 Å². The van der Waals surface area contributed by atoms with E-state index in [1.165, 1.54) is 17.2 Å². The quantitative estimate of drug-likeness (QED) is 0.667. The average Bonchev–Trinajstić information content (AvgIpc) is 3.01. The van der Waals surface area contributed by atoms with E-state index >= 15 is 0 Å². The number of aliphatic carboxylic acids is 1. The molecule has 1 N–H and O–H groups in total. The van der Waals surface area contributed by atoms with Gasteiger partial charge in [0.05, 0.1) is 11.1 Å². The predicted octanol–water partition coefficient (Wildman–Crippen LogP) is 1.42. The van der Waals surface area contributed by atoms with Gasteiger partial charge in [-0.2, -0.15) is 0 Å². The summed E-state index contributed by atoms with van der Waals surface area (Å²) in [6.45, 7) is 0.374. The molecule has 0 bridgehead atoms. The normalized spacial score (nSPS) is 21.5. The number of nitro groups is 1. The van der Waals surface area contributed by atoms with Gasteiger partial charge in [-0.15, -0.1) is 0 Å². The predicted molar refractivity (Wildman–Crippen MR) is 71.1 cm³/mol. The van der Waals surface area contributed by atoms with Crippen LogP contribution in [0.5, 0.6) is 0 Å². The first kappa shape index (κ1) is 13.6. The van der Waals surface area contributed by atoms with E-state index in [2.05, 4.69) is 0 Å². The Hall–Kier alpha value is -2.38. The number of carboxylic acid groups (broad SMARTS) is 1. The van der Waals surface area contributed by atoms with Gasteiger partial charge in [-0.25, -0.2) is 4.79 Å². The van der Waals surface area contributed by atoms with Crippen molar-refractivity contribution < 1.29 is 19.6 Å². The molecular formula is C13H15N3O5. The van der Waals surface area contributed by atoms with Crippen molar-refractivity contribution in [3.63, 3.8) is 0 Å². The van der Waals surface area contributed by atoms with Crippen LogP contribution in [0.15, 0.2) is 12.3 Å². The van der Waals surface area contributed by atoms with E-state index in [-0.39, 0.29) is 17.4 Å². The van der Waals surface area contributed by atoms with Crippen LogP contribution in [0.25, 0.3) is 0 Å². The maximum absolute atomic E-state index is 12.6. The SMILES string of the molecule is O=C(O)[C@@H]1CCCN1C(=O)c1cc([N+](=O)[O-])cn1C1CC1. The highest BCUT2D eigenvalue weighted by molar-refractivity contribution is 5.96. The van der Waals surface area contributed by atoms with Gasteiger partial charge in [0.15, 0.2) is 0 Å². The molecule has 1 saturated carbocycles. The van der Waals surface area contributed by atoms with Crippen LogP contribution in [-0.2, 0) is 4.79 Å². The molecule has 1 aromatic rings. The molecule has 2 fully saturated rings. The van der Waals surface area contributed by atoms with E-state index in [0.29, 0.717) is 19.4 Å². The zero-order valence-corrected chi connectivity index (χ0v) is 11.3. The molecule has 112 valence electrons. The standard InChI is InChI=1S/C13H15N3O5/c17-12(14-5-1-2-10(14)13(18)19)11-6-9(16(20)21)7-15(11)8-3-4-8/h6-8,10H,1-5H2,(H,18,19)/t10-/m0/s1. The average molecular weight is 293 g/mol. The van der Waals surface area contributed by atoms with Gasteiger partial charge in [0.25, 0.3) is 11.6 Å². The number of carboxylic acids is 1. The molecule has 2 aliphatic rings.